The summed E-state index contributed by atoms with van der Waals surface area (Å²) in [5.74, 6) is 1.31. The van der Waals surface area contributed by atoms with Crippen LogP contribution in [0.15, 0.2) is 67.1 Å². The van der Waals surface area contributed by atoms with E-state index < -0.39 is 0 Å². The molecular formula is C20H17N5O2S. The van der Waals surface area contributed by atoms with Gasteiger partial charge in [-0.2, -0.15) is 0 Å². The topological polar surface area (TPSA) is 89.0 Å². The highest BCUT2D eigenvalue weighted by Gasteiger charge is 2.10. The third-order valence-corrected chi connectivity index (χ3v) is 4.80. The van der Waals surface area contributed by atoms with Crippen LogP contribution in [0.3, 0.4) is 0 Å². The van der Waals surface area contributed by atoms with Crippen molar-refractivity contribution in [1.82, 2.24) is 20.3 Å². The molecule has 0 aliphatic carbocycles. The summed E-state index contributed by atoms with van der Waals surface area (Å²) >= 11 is 1.46. The lowest BCUT2D eigenvalue weighted by atomic mass is 10.2. The average Bonchev–Trinajstić information content (AvgIpc) is 3.14. The zero-order valence-electron chi connectivity index (χ0n) is 14.8. The standard InChI is InChI=1S/C20H17N5O2S/c26-19(22-10-11-27-15-4-2-1-3-5-15)14-6-7-16-17(12-14)28-20(24-16)25-18-8-9-21-13-23-18/h1-9,12-13H,10-11H2,(H,22,26)(H,21,23,24,25). The van der Waals surface area contributed by atoms with Gasteiger partial charge in [0.05, 0.1) is 16.8 Å². The quantitative estimate of drug-likeness (QED) is 0.468. The molecule has 0 atom stereocenters. The van der Waals surface area contributed by atoms with Crippen LogP contribution in [-0.2, 0) is 0 Å². The van der Waals surface area contributed by atoms with Crippen LogP contribution < -0.4 is 15.4 Å². The zero-order chi connectivity index (χ0) is 19.2. The maximum Gasteiger partial charge on any atom is 0.251 e. The summed E-state index contributed by atoms with van der Waals surface area (Å²) in [5, 5.41) is 6.72. The van der Waals surface area contributed by atoms with E-state index in [-0.39, 0.29) is 5.91 Å². The summed E-state index contributed by atoms with van der Waals surface area (Å²) < 4.78 is 6.50. The highest BCUT2D eigenvalue weighted by atomic mass is 32.1. The minimum absolute atomic E-state index is 0.141. The van der Waals surface area contributed by atoms with Gasteiger partial charge in [0.2, 0.25) is 0 Å². The van der Waals surface area contributed by atoms with Crippen molar-refractivity contribution in [3.8, 4) is 5.75 Å². The summed E-state index contributed by atoms with van der Waals surface area (Å²) in [7, 11) is 0. The SMILES string of the molecule is O=C(NCCOc1ccccc1)c1ccc2nc(Nc3ccncn3)sc2c1. The number of para-hydroxylation sites is 1. The van der Waals surface area contributed by atoms with Crippen LogP contribution in [0, 0.1) is 0 Å². The number of carbonyl (C=O) groups is 1. The molecule has 0 fully saturated rings. The second kappa shape index (κ2) is 8.45. The van der Waals surface area contributed by atoms with Crippen LogP contribution in [-0.4, -0.2) is 34.0 Å². The largest absolute Gasteiger partial charge is 0.492 e. The van der Waals surface area contributed by atoms with Crippen molar-refractivity contribution in [2.24, 2.45) is 0 Å². The fourth-order valence-electron chi connectivity index (χ4n) is 2.55. The Hall–Kier alpha value is -3.52. The fraction of sp³-hybridized carbons (Fsp3) is 0.100. The van der Waals surface area contributed by atoms with E-state index in [2.05, 4.69) is 25.6 Å². The van der Waals surface area contributed by atoms with E-state index in [1.165, 1.54) is 17.7 Å². The van der Waals surface area contributed by atoms with Gasteiger partial charge in [0.1, 0.15) is 24.5 Å². The maximum absolute atomic E-state index is 12.4. The lowest BCUT2D eigenvalue weighted by Crippen LogP contribution is -2.28. The van der Waals surface area contributed by atoms with E-state index in [0.717, 1.165) is 16.0 Å². The van der Waals surface area contributed by atoms with Gasteiger partial charge in [0.25, 0.3) is 5.91 Å². The van der Waals surface area contributed by atoms with Crippen molar-refractivity contribution in [3.63, 3.8) is 0 Å². The number of benzene rings is 2. The Bertz CT molecular complexity index is 1070. The Kier molecular flexibility index (Phi) is 5.39. The molecule has 2 aromatic heterocycles. The van der Waals surface area contributed by atoms with Crippen molar-refractivity contribution in [3.05, 3.63) is 72.7 Å². The van der Waals surface area contributed by atoms with Gasteiger partial charge >= 0.3 is 0 Å². The maximum atomic E-state index is 12.4. The summed E-state index contributed by atoms with van der Waals surface area (Å²) in [5.41, 5.74) is 1.41. The van der Waals surface area contributed by atoms with Crippen LogP contribution in [0.2, 0.25) is 0 Å². The Labute approximate surface area is 165 Å². The van der Waals surface area contributed by atoms with Gasteiger partial charge in [0.15, 0.2) is 5.13 Å². The first-order chi connectivity index (χ1) is 13.8. The molecule has 0 bridgehead atoms. The lowest BCUT2D eigenvalue weighted by Gasteiger charge is -2.07. The van der Waals surface area contributed by atoms with Gasteiger partial charge in [-0.05, 0) is 36.4 Å². The number of nitrogens with zero attached hydrogens (tertiary/aromatic N) is 3. The Morgan fingerprint density at radius 3 is 2.82 bits per heavy atom. The van der Waals surface area contributed by atoms with Crippen molar-refractivity contribution < 1.29 is 9.53 Å². The molecule has 0 saturated heterocycles. The van der Waals surface area contributed by atoms with Gasteiger partial charge in [-0.15, -0.1) is 0 Å². The summed E-state index contributed by atoms with van der Waals surface area (Å²) in [6, 6.07) is 16.7. The molecule has 1 amide bonds. The molecule has 2 aromatic carbocycles. The number of ether oxygens (including phenoxy) is 1. The third kappa shape index (κ3) is 4.41. The van der Waals surface area contributed by atoms with Crippen LogP contribution >= 0.6 is 11.3 Å². The van der Waals surface area contributed by atoms with E-state index in [0.29, 0.717) is 29.7 Å². The van der Waals surface area contributed by atoms with Gasteiger partial charge in [-0.1, -0.05) is 29.5 Å². The van der Waals surface area contributed by atoms with E-state index >= 15 is 0 Å². The van der Waals surface area contributed by atoms with Gasteiger partial charge in [-0.25, -0.2) is 15.0 Å². The van der Waals surface area contributed by atoms with Gasteiger partial charge < -0.3 is 15.4 Å². The molecule has 8 heteroatoms. The van der Waals surface area contributed by atoms with E-state index in [1.807, 2.05) is 42.5 Å². The Morgan fingerprint density at radius 1 is 1.11 bits per heavy atom. The monoisotopic (exact) mass is 391 g/mol. The number of anilines is 2. The molecule has 0 spiro atoms. The Morgan fingerprint density at radius 2 is 2.00 bits per heavy atom. The number of amides is 1. The number of nitrogens with one attached hydrogen (secondary N) is 2. The molecule has 4 aromatic rings. The normalized spacial score (nSPS) is 10.6. The van der Waals surface area contributed by atoms with Crippen molar-refractivity contribution in [2.45, 2.75) is 0 Å². The highest BCUT2D eigenvalue weighted by molar-refractivity contribution is 7.22. The first-order valence-corrected chi connectivity index (χ1v) is 9.49. The van der Waals surface area contributed by atoms with Crippen molar-refractivity contribution in [2.75, 3.05) is 18.5 Å². The molecular weight excluding hydrogens is 374 g/mol. The molecule has 4 rings (SSSR count). The molecule has 140 valence electrons. The van der Waals surface area contributed by atoms with Crippen molar-refractivity contribution in [1.29, 1.82) is 0 Å². The van der Waals surface area contributed by atoms with Crippen LogP contribution in [0.5, 0.6) is 5.75 Å². The molecule has 0 aliphatic rings. The first-order valence-electron chi connectivity index (χ1n) is 8.67. The number of hydrogen-bond donors (Lipinski definition) is 2. The third-order valence-electron chi connectivity index (χ3n) is 3.87. The smallest absolute Gasteiger partial charge is 0.251 e. The molecule has 2 heterocycles. The molecule has 7 nitrogen and oxygen atoms in total. The van der Waals surface area contributed by atoms with Crippen LogP contribution in [0.1, 0.15) is 10.4 Å². The highest BCUT2D eigenvalue weighted by Crippen LogP contribution is 2.28. The molecule has 0 aliphatic heterocycles. The zero-order valence-corrected chi connectivity index (χ0v) is 15.6. The van der Waals surface area contributed by atoms with E-state index in [9.17, 15) is 4.79 Å². The van der Waals surface area contributed by atoms with E-state index in [1.54, 1.807) is 18.3 Å². The van der Waals surface area contributed by atoms with Gasteiger partial charge in [0, 0.05) is 11.8 Å². The number of thiazole rings is 1. The second-order valence-electron chi connectivity index (χ2n) is 5.84. The number of aromatic nitrogens is 3. The predicted octanol–water partition coefficient (Wildman–Crippen LogP) is 3.64. The Balaban J connectivity index is 1.36. The molecule has 0 radical (unpaired) electrons. The average molecular weight is 391 g/mol. The first kappa shape index (κ1) is 17.9. The number of hydrogen-bond acceptors (Lipinski definition) is 7. The summed E-state index contributed by atoms with van der Waals surface area (Å²) in [6.45, 7) is 0.834. The minimum Gasteiger partial charge on any atom is -0.492 e. The van der Waals surface area contributed by atoms with Gasteiger partial charge in [-0.3, -0.25) is 4.79 Å². The number of rotatable bonds is 7. The number of fused-ring (bicyclic) bond motifs is 1. The molecule has 28 heavy (non-hydrogen) atoms. The van der Waals surface area contributed by atoms with Crippen molar-refractivity contribution >= 4 is 38.4 Å². The van der Waals surface area contributed by atoms with E-state index in [4.69, 9.17) is 4.74 Å². The summed E-state index contributed by atoms with van der Waals surface area (Å²) in [6.07, 6.45) is 3.13. The molecule has 0 saturated carbocycles. The molecule has 2 N–H and O–H groups in total. The van der Waals surface area contributed by atoms with Crippen LogP contribution in [0.4, 0.5) is 10.9 Å². The summed E-state index contributed by atoms with van der Waals surface area (Å²) in [4.78, 5) is 24.9. The van der Waals surface area contributed by atoms with Crippen LogP contribution in [0.25, 0.3) is 10.2 Å². The second-order valence-corrected chi connectivity index (χ2v) is 6.87. The lowest BCUT2D eigenvalue weighted by molar-refractivity contribution is 0.0947. The molecule has 0 unspecified atom stereocenters. The predicted molar refractivity (Wildman–Crippen MR) is 109 cm³/mol. The fourth-order valence-corrected chi connectivity index (χ4v) is 3.46. The number of carbonyl (C=O) groups excluding carboxylic acids is 1. The minimum atomic E-state index is -0.141.